The van der Waals surface area contributed by atoms with Crippen LogP contribution < -0.4 is 16.4 Å². The molecular formula is C15H16ClN3O5. The van der Waals surface area contributed by atoms with Gasteiger partial charge in [0.2, 0.25) is 0 Å². The molecule has 0 aromatic heterocycles. The number of amides is 2. The number of hydrogen-bond donors (Lipinski definition) is 3. The summed E-state index contributed by atoms with van der Waals surface area (Å²) < 4.78 is 10.0. The first-order chi connectivity index (χ1) is 11.4. The van der Waals surface area contributed by atoms with E-state index in [4.69, 9.17) is 26.8 Å². The zero-order chi connectivity index (χ0) is 17.7. The summed E-state index contributed by atoms with van der Waals surface area (Å²) in [4.78, 5) is 35.4. The quantitative estimate of drug-likeness (QED) is 0.540. The normalized spacial score (nSPS) is 13.8. The largest absolute Gasteiger partial charge is 0.463 e. The van der Waals surface area contributed by atoms with Gasteiger partial charge < -0.3 is 25.8 Å². The van der Waals surface area contributed by atoms with Crippen LogP contribution in [0.5, 0.6) is 0 Å². The lowest BCUT2D eigenvalue weighted by molar-refractivity contribution is -0.138. The van der Waals surface area contributed by atoms with E-state index in [9.17, 15) is 14.4 Å². The third kappa shape index (κ3) is 4.17. The molecule has 1 heterocycles. The maximum Gasteiger partial charge on any atom is 0.340 e. The Bertz CT molecular complexity index is 717. The van der Waals surface area contributed by atoms with Crippen LogP contribution in [0.15, 0.2) is 29.5 Å². The predicted octanol–water partition coefficient (Wildman–Crippen LogP) is 1.21. The Morgan fingerprint density at radius 1 is 1.29 bits per heavy atom. The highest BCUT2D eigenvalue weighted by Crippen LogP contribution is 2.19. The second-order valence-electron chi connectivity index (χ2n) is 4.79. The number of urea groups is 1. The highest BCUT2D eigenvalue weighted by Gasteiger charge is 2.25. The predicted molar refractivity (Wildman–Crippen MR) is 86.3 cm³/mol. The number of ether oxygens (including phenoxy) is 2. The molecule has 0 aliphatic carbocycles. The average Bonchev–Trinajstić information content (AvgIpc) is 2.52. The van der Waals surface area contributed by atoms with E-state index >= 15 is 0 Å². The maximum absolute atomic E-state index is 12.1. The molecule has 4 N–H and O–H groups in total. The summed E-state index contributed by atoms with van der Waals surface area (Å²) in [5.41, 5.74) is 6.38. The first-order valence-corrected chi connectivity index (χ1v) is 7.46. The fourth-order valence-corrected chi connectivity index (χ4v) is 2.18. The van der Waals surface area contributed by atoms with Gasteiger partial charge >= 0.3 is 18.0 Å². The molecule has 0 unspecified atom stereocenters. The summed E-state index contributed by atoms with van der Waals surface area (Å²) in [7, 11) is 0. The van der Waals surface area contributed by atoms with Crippen LogP contribution >= 0.6 is 11.6 Å². The summed E-state index contributed by atoms with van der Waals surface area (Å²) in [6.45, 7) is 1.53. The number of nitrogen functional groups attached to an aromatic ring is 1. The van der Waals surface area contributed by atoms with E-state index in [2.05, 4.69) is 10.6 Å². The molecule has 0 radical (unpaired) electrons. The lowest BCUT2D eigenvalue weighted by atomic mass is 10.1. The van der Waals surface area contributed by atoms with Gasteiger partial charge in [0.05, 0.1) is 30.0 Å². The monoisotopic (exact) mass is 353 g/mol. The number of esters is 2. The minimum atomic E-state index is -0.701. The summed E-state index contributed by atoms with van der Waals surface area (Å²) in [5, 5.41) is 5.28. The van der Waals surface area contributed by atoms with E-state index in [1.807, 2.05) is 0 Å². The zero-order valence-corrected chi connectivity index (χ0v) is 13.6. The number of rotatable bonds is 5. The molecule has 1 aromatic carbocycles. The average molecular weight is 354 g/mol. The van der Waals surface area contributed by atoms with Gasteiger partial charge in [0, 0.05) is 10.7 Å². The SMILES string of the molecule is CCOC(=O)C1=C(COC(=O)c2ccc(Cl)cc2N)NC(=O)NC1. The Balaban J connectivity index is 2.13. The molecule has 0 saturated carbocycles. The van der Waals surface area contributed by atoms with E-state index in [0.29, 0.717) is 5.02 Å². The molecule has 0 spiro atoms. The Morgan fingerprint density at radius 2 is 2.04 bits per heavy atom. The van der Waals surface area contributed by atoms with E-state index in [1.54, 1.807) is 6.92 Å². The minimum Gasteiger partial charge on any atom is -0.463 e. The van der Waals surface area contributed by atoms with Crippen molar-refractivity contribution in [3.8, 4) is 0 Å². The van der Waals surface area contributed by atoms with Gasteiger partial charge in [0.15, 0.2) is 0 Å². The molecule has 1 aliphatic heterocycles. The summed E-state index contributed by atoms with van der Waals surface area (Å²) in [6.07, 6.45) is 0. The molecule has 0 saturated heterocycles. The molecular weight excluding hydrogens is 338 g/mol. The number of nitrogens with one attached hydrogen (secondary N) is 2. The van der Waals surface area contributed by atoms with Crippen LogP contribution in [0.2, 0.25) is 5.02 Å². The Morgan fingerprint density at radius 3 is 2.71 bits per heavy atom. The third-order valence-corrected chi connectivity index (χ3v) is 3.39. The fraction of sp³-hybridized carbons (Fsp3) is 0.267. The van der Waals surface area contributed by atoms with Gasteiger partial charge in [-0.25, -0.2) is 14.4 Å². The molecule has 0 atom stereocenters. The molecule has 1 aliphatic rings. The van der Waals surface area contributed by atoms with Crippen molar-refractivity contribution < 1.29 is 23.9 Å². The molecule has 2 amide bonds. The summed E-state index contributed by atoms with van der Waals surface area (Å²) >= 11 is 5.77. The minimum absolute atomic E-state index is 0.0133. The number of benzene rings is 1. The van der Waals surface area contributed by atoms with Gasteiger partial charge in [-0.1, -0.05) is 11.6 Å². The maximum atomic E-state index is 12.1. The van der Waals surface area contributed by atoms with Gasteiger partial charge in [-0.3, -0.25) is 0 Å². The van der Waals surface area contributed by atoms with Crippen LogP contribution in [0.4, 0.5) is 10.5 Å². The highest BCUT2D eigenvalue weighted by molar-refractivity contribution is 6.31. The van der Waals surface area contributed by atoms with Crippen LogP contribution in [-0.4, -0.2) is 37.7 Å². The van der Waals surface area contributed by atoms with E-state index in [0.717, 1.165) is 0 Å². The van der Waals surface area contributed by atoms with Gasteiger partial charge in [0.25, 0.3) is 0 Å². The smallest absolute Gasteiger partial charge is 0.340 e. The Labute approximate surface area is 142 Å². The van der Waals surface area contributed by atoms with Crippen molar-refractivity contribution in [3.05, 3.63) is 40.1 Å². The van der Waals surface area contributed by atoms with Crippen LogP contribution in [0, 0.1) is 0 Å². The Hall–Kier alpha value is -2.74. The topological polar surface area (TPSA) is 120 Å². The van der Waals surface area contributed by atoms with Gasteiger partial charge in [-0.05, 0) is 25.1 Å². The molecule has 1 aromatic rings. The van der Waals surface area contributed by atoms with Crippen molar-refractivity contribution >= 4 is 35.3 Å². The van der Waals surface area contributed by atoms with E-state index in [1.165, 1.54) is 18.2 Å². The first-order valence-electron chi connectivity index (χ1n) is 7.08. The van der Waals surface area contributed by atoms with Crippen molar-refractivity contribution in [3.63, 3.8) is 0 Å². The van der Waals surface area contributed by atoms with Crippen LogP contribution in [-0.2, 0) is 14.3 Å². The zero-order valence-electron chi connectivity index (χ0n) is 12.8. The van der Waals surface area contributed by atoms with Crippen molar-refractivity contribution in [2.24, 2.45) is 0 Å². The number of anilines is 1. The number of hydrogen-bond acceptors (Lipinski definition) is 6. The lowest BCUT2D eigenvalue weighted by Gasteiger charge is -2.21. The fourth-order valence-electron chi connectivity index (χ4n) is 2.00. The van der Waals surface area contributed by atoms with Crippen LogP contribution in [0.25, 0.3) is 0 Å². The van der Waals surface area contributed by atoms with Crippen molar-refractivity contribution in [1.82, 2.24) is 10.6 Å². The standard InChI is InChI=1S/C15H16ClN3O5/c1-2-23-14(21)10-6-18-15(22)19-12(10)7-24-13(20)9-4-3-8(16)5-11(9)17/h3-5H,2,6-7,17H2,1H3,(H2,18,19,22). The van der Waals surface area contributed by atoms with Crippen molar-refractivity contribution in [1.29, 1.82) is 0 Å². The molecule has 9 heteroatoms. The number of nitrogens with two attached hydrogens (primary N) is 1. The molecule has 0 bridgehead atoms. The molecule has 8 nitrogen and oxygen atoms in total. The first kappa shape index (κ1) is 17.6. The summed E-state index contributed by atoms with van der Waals surface area (Å²) in [5.74, 6) is -1.30. The molecule has 24 heavy (non-hydrogen) atoms. The van der Waals surface area contributed by atoms with Gasteiger partial charge in [0.1, 0.15) is 6.61 Å². The highest BCUT2D eigenvalue weighted by atomic mass is 35.5. The number of carbonyl (C=O) groups excluding carboxylic acids is 3. The molecule has 128 valence electrons. The molecule has 0 fully saturated rings. The lowest BCUT2D eigenvalue weighted by Crippen LogP contribution is -2.45. The third-order valence-electron chi connectivity index (χ3n) is 3.16. The number of carbonyl (C=O) groups is 3. The number of halogens is 1. The second kappa shape index (κ2) is 7.69. The van der Waals surface area contributed by atoms with Crippen molar-refractivity contribution in [2.45, 2.75) is 6.92 Å². The van der Waals surface area contributed by atoms with Gasteiger partial charge in [-0.15, -0.1) is 0 Å². The summed E-state index contributed by atoms with van der Waals surface area (Å²) in [6, 6.07) is 3.86. The molecule has 2 rings (SSSR count). The Kier molecular flexibility index (Phi) is 5.64. The van der Waals surface area contributed by atoms with Crippen molar-refractivity contribution in [2.75, 3.05) is 25.5 Å². The van der Waals surface area contributed by atoms with Crippen LogP contribution in [0.3, 0.4) is 0 Å². The van der Waals surface area contributed by atoms with E-state index in [-0.39, 0.29) is 42.3 Å². The van der Waals surface area contributed by atoms with Gasteiger partial charge in [-0.2, -0.15) is 0 Å². The van der Waals surface area contributed by atoms with E-state index < -0.39 is 18.0 Å². The second-order valence-corrected chi connectivity index (χ2v) is 5.23. The van der Waals surface area contributed by atoms with Crippen LogP contribution in [0.1, 0.15) is 17.3 Å².